The molecular weight excluding hydrogens is 377 g/mol. The van der Waals surface area contributed by atoms with Crippen LogP contribution in [0.4, 0.5) is 13.2 Å². The van der Waals surface area contributed by atoms with E-state index >= 15 is 0 Å². The van der Waals surface area contributed by atoms with Gasteiger partial charge in [0.05, 0.1) is 5.56 Å². The van der Waals surface area contributed by atoms with Crippen LogP contribution in [0.1, 0.15) is 16.7 Å². The number of halogens is 3. The van der Waals surface area contributed by atoms with E-state index in [0.29, 0.717) is 16.5 Å². The van der Waals surface area contributed by atoms with Crippen molar-refractivity contribution < 1.29 is 31.9 Å². The minimum atomic E-state index is -4.51. The molecule has 2 aromatic carbocycles. The Morgan fingerprint density at radius 2 is 1.89 bits per heavy atom. The summed E-state index contributed by atoms with van der Waals surface area (Å²) in [4.78, 5) is 23.5. The number of alkyl halides is 3. The predicted octanol–water partition coefficient (Wildman–Crippen LogP) is 4.24. The van der Waals surface area contributed by atoms with Gasteiger partial charge in [-0.2, -0.15) is 13.2 Å². The molecule has 0 amide bonds. The number of hydrogen-bond acceptors (Lipinski definition) is 5. The molecule has 0 fully saturated rings. The lowest BCUT2D eigenvalue weighted by Gasteiger charge is -2.10. The third kappa shape index (κ3) is 4.70. The number of hydrogen-bond donors (Lipinski definition) is 0. The Bertz CT molecular complexity index is 1070. The van der Waals surface area contributed by atoms with E-state index < -0.39 is 29.9 Å². The molecule has 0 saturated carbocycles. The summed E-state index contributed by atoms with van der Waals surface area (Å²) in [5.74, 6) is -0.890. The SMILES string of the molecule is Cc1ccc2c(COC(=O)COc3cccc(C(F)(F)F)c3)cc(=O)oc2c1. The van der Waals surface area contributed by atoms with E-state index in [2.05, 4.69) is 0 Å². The Morgan fingerprint density at radius 1 is 1.11 bits per heavy atom. The monoisotopic (exact) mass is 392 g/mol. The molecule has 3 rings (SSSR count). The number of esters is 1. The van der Waals surface area contributed by atoms with E-state index in [-0.39, 0.29) is 12.4 Å². The number of fused-ring (bicyclic) bond motifs is 1. The lowest BCUT2D eigenvalue weighted by molar-refractivity contribution is -0.147. The highest BCUT2D eigenvalue weighted by Crippen LogP contribution is 2.31. The average molecular weight is 392 g/mol. The lowest BCUT2D eigenvalue weighted by atomic mass is 10.1. The minimum Gasteiger partial charge on any atom is -0.482 e. The number of carbonyl (C=O) groups is 1. The largest absolute Gasteiger partial charge is 0.482 e. The highest BCUT2D eigenvalue weighted by Gasteiger charge is 2.30. The molecule has 0 atom stereocenters. The Kier molecular flexibility index (Phi) is 5.39. The number of rotatable bonds is 5. The van der Waals surface area contributed by atoms with E-state index in [1.165, 1.54) is 18.2 Å². The van der Waals surface area contributed by atoms with Gasteiger partial charge in [-0.15, -0.1) is 0 Å². The summed E-state index contributed by atoms with van der Waals surface area (Å²) in [6.07, 6.45) is -4.51. The molecule has 0 aliphatic rings. The molecule has 3 aromatic rings. The molecule has 0 saturated heterocycles. The molecule has 0 unspecified atom stereocenters. The van der Waals surface area contributed by atoms with Crippen LogP contribution in [0.2, 0.25) is 0 Å². The zero-order valence-electron chi connectivity index (χ0n) is 14.7. The molecule has 1 heterocycles. The van der Waals surface area contributed by atoms with Crippen molar-refractivity contribution in [3.63, 3.8) is 0 Å². The predicted molar refractivity (Wildman–Crippen MR) is 94.0 cm³/mol. The second-order valence-electron chi connectivity index (χ2n) is 6.07. The Hall–Kier alpha value is -3.29. The van der Waals surface area contributed by atoms with Gasteiger partial charge in [-0.25, -0.2) is 9.59 Å². The van der Waals surface area contributed by atoms with Crippen molar-refractivity contribution >= 4 is 16.9 Å². The molecule has 0 aliphatic heterocycles. The summed E-state index contributed by atoms with van der Waals surface area (Å²) < 4.78 is 53.3. The first-order chi connectivity index (χ1) is 13.2. The van der Waals surface area contributed by atoms with Gasteiger partial charge in [0.2, 0.25) is 0 Å². The standard InChI is InChI=1S/C20H15F3O5/c1-12-5-6-16-13(8-18(24)28-17(16)7-12)10-27-19(25)11-26-15-4-2-3-14(9-15)20(21,22)23/h2-9H,10-11H2,1H3. The van der Waals surface area contributed by atoms with Crippen molar-refractivity contribution in [2.24, 2.45) is 0 Å². The van der Waals surface area contributed by atoms with Crippen molar-refractivity contribution in [2.75, 3.05) is 6.61 Å². The normalized spacial score (nSPS) is 11.4. The smallest absolute Gasteiger partial charge is 0.416 e. The quantitative estimate of drug-likeness (QED) is 0.480. The van der Waals surface area contributed by atoms with Crippen LogP contribution in [-0.2, 0) is 22.3 Å². The van der Waals surface area contributed by atoms with Crippen LogP contribution in [0.25, 0.3) is 11.0 Å². The first-order valence-corrected chi connectivity index (χ1v) is 8.21. The van der Waals surface area contributed by atoms with E-state index in [1.54, 1.807) is 12.1 Å². The summed E-state index contributed by atoms with van der Waals surface area (Å²) in [7, 11) is 0. The van der Waals surface area contributed by atoms with Gasteiger partial charge in [-0.1, -0.05) is 18.2 Å². The number of benzene rings is 2. The van der Waals surface area contributed by atoms with E-state index in [1.807, 2.05) is 13.0 Å². The van der Waals surface area contributed by atoms with Crippen molar-refractivity contribution in [3.05, 3.63) is 75.6 Å². The maximum Gasteiger partial charge on any atom is 0.416 e. The van der Waals surface area contributed by atoms with Gasteiger partial charge in [-0.3, -0.25) is 0 Å². The average Bonchev–Trinajstić information content (AvgIpc) is 2.63. The van der Waals surface area contributed by atoms with Crippen molar-refractivity contribution in [1.82, 2.24) is 0 Å². The summed E-state index contributed by atoms with van der Waals surface area (Å²) in [6, 6.07) is 10.7. The zero-order valence-corrected chi connectivity index (χ0v) is 14.7. The number of aryl methyl sites for hydroxylation is 1. The van der Waals surface area contributed by atoms with Crippen LogP contribution in [0.5, 0.6) is 5.75 Å². The summed E-state index contributed by atoms with van der Waals surface area (Å²) in [5, 5.41) is 0.622. The first kappa shape index (κ1) is 19.5. The molecule has 0 bridgehead atoms. The zero-order chi connectivity index (χ0) is 20.3. The molecule has 0 aliphatic carbocycles. The van der Waals surface area contributed by atoms with Crippen LogP contribution in [-0.4, -0.2) is 12.6 Å². The number of carbonyl (C=O) groups excluding carboxylic acids is 1. The lowest BCUT2D eigenvalue weighted by Crippen LogP contribution is -2.16. The maximum absolute atomic E-state index is 12.7. The topological polar surface area (TPSA) is 65.7 Å². The third-order valence-corrected chi connectivity index (χ3v) is 3.89. The Balaban J connectivity index is 1.64. The second kappa shape index (κ2) is 7.75. The highest BCUT2D eigenvalue weighted by molar-refractivity contribution is 5.81. The van der Waals surface area contributed by atoms with Crippen molar-refractivity contribution in [1.29, 1.82) is 0 Å². The van der Waals surface area contributed by atoms with Gasteiger partial charge in [0, 0.05) is 17.0 Å². The van der Waals surface area contributed by atoms with E-state index in [0.717, 1.165) is 17.7 Å². The van der Waals surface area contributed by atoms with Gasteiger partial charge in [0.25, 0.3) is 0 Å². The molecule has 8 heteroatoms. The van der Waals surface area contributed by atoms with Gasteiger partial charge in [-0.05, 0) is 36.8 Å². The Morgan fingerprint density at radius 3 is 2.64 bits per heavy atom. The molecular formula is C20H15F3O5. The minimum absolute atomic E-state index is 0.104. The van der Waals surface area contributed by atoms with E-state index in [9.17, 15) is 22.8 Å². The van der Waals surface area contributed by atoms with Crippen LogP contribution in [0.3, 0.4) is 0 Å². The third-order valence-electron chi connectivity index (χ3n) is 3.89. The molecule has 0 spiro atoms. The second-order valence-corrected chi connectivity index (χ2v) is 6.07. The van der Waals surface area contributed by atoms with E-state index in [4.69, 9.17) is 13.9 Å². The fraction of sp³-hybridized carbons (Fsp3) is 0.200. The molecule has 146 valence electrons. The highest BCUT2D eigenvalue weighted by atomic mass is 19.4. The van der Waals surface area contributed by atoms with Crippen LogP contribution < -0.4 is 10.4 Å². The number of ether oxygens (including phenoxy) is 2. The molecule has 28 heavy (non-hydrogen) atoms. The summed E-state index contributed by atoms with van der Waals surface area (Å²) in [5.41, 5.74) is 0.275. The van der Waals surface area contributed by atoms with Crippen molar-refractivity contribution in [2.45, 2.75) is 19.7 Å². The van der Waals surface area contributed by atoms with Crippen LogP contribution in [0.15, 0.2) is 57.7 Å². The Labute approximate surface area is 157 Å². The van der Waals surface area contributed by atoms with Gasteiger partial charge in [0.1, 0.15) is 17.9 Å². The van der Waals surface area contributed by atoms with Crippen LogP contribution >= 0.6 is 0 Å². The summed E-state index contributed by atoms with van der Waals surface area (Å²) >= 11 is 0. The molecule has 0 radical (unpaired) electrons. The maximum atomic E-state index is 12.7. The first-order valence-electron chi connectivity index (χ1n) is 8.21. The van der Waals surface area contributed by atoms with Gasteiger partial charge in [0.15, 0.2) is 6.61 Å². The molecule has 0 N–H and O–H groups in total. The fourth-order valence-electron chi connectivity index (χ4n) is 2.56. The summed E-state index contributed by atoms with van der Waals surface area (Å²) in [6.45, 7) is 1.08. The molecule has 5 nitrogen and oxygen atoms in total. The fourth-order valence-corrected chi connectivity index (χ4v) is 2.56. The van der Waals surface area contributed by atoms with Gasteiger partial charge >= 0.3 is 17.8 Å². The van der Waals surface area contributed by atoms with Crippen LogP contribution in [0, 0.1) is 6.92 Å². The molecule has 1 aromatic heterocycles. The van der Waals surface area contributed by atoms with Crippen molar-refractivity contribution in [3.8, 4) is 5.75 Å². The van der Waals surface area contributed by atoms with Gasteiger partial charge < -0.3 is 13.9 Å².